The van der Waals surface area contributed by atoms with Crippen LogP contribution in [0.15, 0.2) is 60.7 Å². The van der Waals surface area contributed by atoms with Gasteiger partial charge in [0.15, 0.2) is 0 Å². The minimum atomic E-state index is -0.280. The smallest absolute Gasteiger partial charge is 0.261 e. The molecule has 2 fully saturated rings. The summed E-state index contributed by atoms with van der Waals surface area (Å²) in [4.78, 5) is 61.2. The van der Waals surface area contributed by atoms with Crippen molar-refractivity contribution in [2.75, 3.05) is 102 Å². The number of imide groups is 2. The number of anilines is 2. The Labute approximate surface area is 289 Å². The highest BCUT2D eigenvalue weighted by molar-refractivity contribution is 6.27. The highest BCUT2D eigenvalue weighted by atomic mass is 16.5. The Balaban J connectivity index is 0.847. The summed E-state index contributed by atoms with van der Waals surface area (Å²) in [7, 11) is 0. The Morgan fingerprint density at radius 2 is 0.900 bits per heavy atom. The first-order chi connectivity index (χ1) is 24.5. The van der Waals surface area contributed by atoms with Crippen molar-refractivity contribution >= 4 is 56.5 Å². The maximum atomic E-state index is 13.6. The van der Waals surface area contributed by atoms with E-state index in [1.807, 2.05) is 36.4 Å². The molecular formula is C38H40N6O6. The van der Waals surface area contributed by atoms with Crippen LogP contribution in [0.3, 0.4) is 0 Å². The molecule has 0 radical (unpaired) electrons. The molecule has 0 aromatic heterocycles. The number of hydrogen-bond donors (Lipinski definition) is 2. The Morgan fingerprint density at radius 1 is 0.500 bits per heavy atom. The molecule has 4 aliphatic heterocycles. The number of ether oxygens (including phenoxy) is 2. The van der Waals surface area contributed by atoms with Crippen LogP contribution in [0.25, 0.3) is 21.5 Å². The number of morpholine rings is 2. The standard InChI is InChI=1S/C38H40N6O6/c45-35-29-5-1-3-25-21-27(41-13-17-49-18-14-41)23-31(33(25)29)37(47)43(35)11-9-39-7-8-40-10-12-44-36(46)30-6-2-4-26-22-28(42-15-19-50-20-16-42)24-32(34(26)30)38(44)48/h1-6,21-24,39-40H,7-20H2. The van der Waals surface area contributed by atoms with Gasteiger partial charge in [0.1, 0.15) is 0 Å². The highest BCUT2D eigenvalue weighted by Crippen LogP contribution is 2.35. The first-order valence-corrected chi connectivity index (χ1v) is 17.4. The van der Waals surface area contributed by atoms with Crippen LogP contribution in [0, 0.1) is 0 Å². The van der Waals surface area contributed by atoms with E-state index in [4.69, 9.17) is 9.47 Å². The Bertz CT molecular complexity index is 1860. The number of benzene rings is 4. The van der Waals surface area contributed by atoms with E-state index in [9.17, 15) is 19.2 Å². The van der Waals surface area contributed by atoms with Gasteiger partial charge in [-0.25, -0.2) is 0 Å². The zero-order valence-electron chi connectivity index (χ0n) is 27.9. The van der Waals surface area contributed by atoms with Gasteiger partial charge in [0.05, 0.1) is 37.6 Å². The number of carbonyl (C=O) groups is 4. The molecule has 0 saturated carbocycles. The number of carbonyl (C=O) groups excluding carboxylic acids is 4. The van der Waals surface area contributed by atoms with Gasteiger partial charge in [0.2, 0.25) is 0 Å². The average Bonchev–Trinajstić information content (AvgIpc) is 3.16. The number of rotatable bonds is 11. The molecule has 8 rings (SSSR count). The van der Waals surface area contributed by atoms with E-state index >= 15 is 0 Å². The van der Waals surface area contributed by atoms with Crippen LogP contribution in [0.1, 0.15) is 41.4 Å². The van der Waals surface area contributed by atoms with Crippen molar-refractivity contribution in [2.45, 2.75) is 0 Å². The summed E-state index contributed by atoms with van der Waals surface area (Å²) in [5.41, 5.74) is 4.13. The minimum Gasteiger partial charge on any atom is -0.378 e. The van der Waals surface area contributed by atoms with Crippen LogP contribution in [0.2, 0.25) is 0 Å². The molecule has 0 bridgehead atoms. The molecule has 0 spiro atoms. The van der Waals surface area contributed by atoms with Crippen molar-refractivity contribution in [1.29, 1.82) is 0 Å². The summed E-state index contributed by atoms with van der Waals surface area (Å²) in [5.74, 6) is -1.12. The molecular weight excluding hydrogens is 636 g/mol. The number of hydrogen-bond acceptors (Lipinski definition) is 10. The zero-order chi connectivity index (χ0) is 34.2. The van der Waals surface area contributed by atoms with Gasteiger partial charge >= 0.3 is 0 Å². The number of amides is 4. The van der Waals surface area contributed by atoms with Gasteiger partial charge in [-0.05, 0) is 47.2 Å². The third-order valence-electron chi connectivity index (χ3n) is 10.1. The average molecular weight is 677 g/mol. The molecule has 0 unspecified atom stereocenters. The number of nitrogens with zero attached hydrogens (tertiary/aromatic N) is 4. The van der Waals surface area contributed by atoms with Gasteiger partial charge in [-0.2, -0.15) is 0 Å². The SMILES string of the molecule is O=C1c2cccc3cc(N4CCOCC4)cc(c23)C(=O)N1CCNCCNCCN1C(=O)c2cccc3cc(N4CCOCC4)cc(c23)C1=O. The van der Waals surface area contributed by atoms with E-state index in [0.717, 1.165) is 59.1 Å². The number of nitrogens with one attached hydrogen (secondary N) is 2. The fourth-order valence-corrected chi connectivity index (χ4v) is 7.51. The van der Waals surface area contributed by atoms with Crippen LogP contribution in [0.4, 0.5) is 11.4 Å². The largest absolute Gasteiger partial charge is 0.378 e. The third kappa shape index (κ3) is 5.87. The van der Waals surface area contributed by atoms with E-state index in [0.29, 0.717) is 74.9 Å². The van der Waals surface area contributed by atoms with Crippen molar-refractivity contribution < 1.29 is 28.7 Å². The fraction of sp³-hybridized carbons (Fsp3) is 0.368. The van der Waals surface area contributed by atoms with Crippen molar-refractivity contribution in [2.24, 2.45) is 0 Å². The van der Waals surface area contributed by atoms with Gasteiger partial charge in [-0.15, -0.1) is 0 Å². The molecule has 12 nitrogen and oxygen atoms in total. The van der Waals surface area contributed by atoms with Crippen LogP contribution in [-0.2, 0) is 9.47 Å². The van der Waals surface area contributed by atoms with Crippen molar-refractivity contribution in [3.05, 3.63) is 82.9 Å². The lowest BCUT2D eigenvalue weighted by atomic mass is 9.93. The van der Waals surface area contributed by atoms with Crippen molar-refractivity contribution in [3.8, 4) is 0 Å². The molecule has 4 aromatic rings. The summed E-state index contributed by atoms with van der Waals surface area (Å²) in [5, 5.41) is 9.84. The second kappa shape index (κ2) is 13.8. The van der Waals surface area contributed by atoms with Gasteiger partial charge in [0.25, 0.3) is 23.6 Å². The second-order valence-corrected chi connectivity index (χ2v) is 13.0. The van der Waals surface area contributed by atoms with Crippen LogP contribution in [-0.4, -0.2) is 125 Å². The molecule has 50 heavy (non-hydrogen) atoms. The van der Waals surface area contributed by atoms with Crippen LogP contribution in [0.5, 0.6) is 0 Å². The summed E-state index contributed by atoms with van der Waals surface area (Å²) in [6, 6.07) is 19.2. The van der Waals surface area contributed by atoms with Gasteiger partial charge in [-0.1, -0.05) is 24.3 Å². The molecule has 2 saturated heterocycles. The Morgan fingerprint density at radius 3 is 1.32 bits per heavy atom. The predicted molar refractivity (Wildman–Crippen MR) is 190 cm³/mol. The molecule has 258 valence electrons. The lowest BCUT2D eigenvalue weighted by Crippen LogP contribution is -2.45. The summed E-state index contributed by atoms with van der Waals surface area (Å²) in [6.07, 6.45) is 0. The summed E-state index contributed by atoms with van der Waals surface area (Å²) in [6.45, 7) is 8.09. The zero-order valence-corrected chi connectivity index (χ0v) is 27.9. The fourth-order valence-electron chi connectivity index (χ4n) is 7.51. The Hall–Kier alpha value is -4.88. The lowest BCUT2D eigenvalue weighted by molar-refractivity contribution is 0.0595. The van der Waals surface area contributed by atoms with Gasteiger partial charge in [-0.3, -0.25) is 29.0 Å². The second-order valence-electron chi connectivity index (χ2n) is 13.0. The lowest BCUT2D eigenvalue weighted by Gasteiger charge is -2.32. The highest BCUT2D eigenvalue weighted by Gasteiger charge is 2.35. The van der Waals surface area contributed by atoms with E-state index < -0.39 is 0 Å². The molecule has 12 heteroatoms. The molecule has 4 aromatic carbocycles. The first kappa shape index (κ1) is 32.3. The third-order valence-corrected chi connectivity index (χ3v) is 10.1. The molecule has 4 aliphatic rings. The topological polar surface area (TPSA) is 124 Å². The van der Waals surface area contributed by atoms with Crippen LogP contribution >= 0.6 is 0 Å². The maximum absolute atomic E-state index is 13.6. The van der Waals surface area contributed by atoms with E-state index in [-0.39, 0.29) is 36.7 Å². The van der Waals surface area contributed by atoms with Crippen LogP contribution < -0.4 is 20.4 Å². The van der Waals surface area contributed by atoms with Crippen molar-refractivity contribution in [3.63, 3.8) is 0 Å². The minimum absolute atomic E-state index is 0.240. The predicted octanol–water partition coefficient (Wildman–Crippen LogP) is 2.74. The summed E-state index contributed by atoms with van der Waals surface area (Å²) >= 11 is 0. The maximum Gasteiger partial charge on any atom is 0.261 e. The van der Waals surface area contributed by atoms with Crippen molar-refractivity contribution in [1.82, 2.24) is 20.4 Å². The quantitative estimate of drug-likeness (QED) is 0.181. The first-order valence-electron chi connectivity index (χ1n) is 17.4. The Kier molecular flexibility index (Phi) is 8.92. The van der Waals surface area contributed by atoms with E-state index in [2.05, 4.69) is 32.6 Å². The molecule has 2 N–H and O–H groups in total. The molecule has 0 aliphatic carbocycles. The normalized spacial score (nSPS) is 17.8. The van der Waals surface area contributed by atoms with Gasteiger partial charge in [0, 0.05) is 98.7 Å². The van der Waals surface area contributed by atoms with Gasteiger partial charge < -0.3 is 29.9 Å². The monoisotopic (exact) mass is 676 g/mol. The molecule has 0 atom stereocenters. The molecule has 4 heterocycles. The molecule has 4 amide bonds. The van der Waals surface area contributed by atoms with E-state index in [1.165, 1.54) is 9.80 Å². The summed E-state index contributed by atoms with van der Waals surface area (Å²) < 4.78 is 11.0. The van der Waals surface area contributed by atoms with E-state index in [1.54, 1.807) is 12.1 Å².